The maximum absolute atomic E-state index is 12.8. The molecule has 13 heavy (non-hydrogen) atoms. The zero-order valence-corrected chi connectivity index (χ0v) is 6.83. The summed E-state index contributed by atoms with van der Waals surface area (Å²) in [5, 5.41) is 0. The van der Waals surface area contributed by atoms with E-state index in [4.69, 9.17) is 10.2 Å². The quantitative estimate of drug-likeness (QED) is 0.680. The molecule has 0 aliphatic rings. The molecule has 0 fully saturated rings. The molecule has 0 saturated heterocycles. The van der Waals surface area contributed by atoms with Crippen molar-refractivity contribution in [2.24, 2.45) is 0 Å². The van der Waals surface area contributed by atoms with Crippen LogP contribution in [-0.2, 0) is 0 Å². The molecule has 0 aliphatic heterocycles. The lowest BCUT2D eigenvalue weighted by Gasteiger charge is -2.01. The highest BCUT2D eigenvalue weighted by Gasteiger charge is 2.05. The summed E-state index contributed by atoms with van der Waals surface area (Å²) in [6.07, 6.45) is 1.53. The third-order valence-electron chi connectivity index (χ3n) is 1.80. The van der Waals surface area contributed by atoms with Crippen molar-refractivity contribution in [2.45, 2.75) is 0 Å². The van der Waals surface area contributed by atoms with E-state index in [0.717, 1.165) is 0 Å². The molecule has 0 atom stereocenters. The summed E-state index contributed by atoms with van der Waals surface area (Å²) in [6, 6.07) is 7.67. The lowest BCUT2D eigenvalue weighted by Crippen LogP contribution is -1.89. The van der Waals surface area contributed by atoms with Crippen LogP contribution < -0.4 is 5.73 Å². The molecule has 0 unspecified atom stereocenters. The lowest BCUT2D eigenvalue weighted by atomic mass is 10.1. The molecule has 1 aromatic heterocycles. The Kier molecular flexibility index (Phi) is 1.77. The Bertz CT molecular complexity index is 409. The smallest absolute Gasteiger partial charge is 0.136 e. The maximum Gasteiger partial charge on any atom is 0.136 e. The van der Waals surface area contributed by atoms with Gasteiger partial charge in [0.05, 0.1) is 6.26 Å². The van der Waals surface area contributed by atoms with E-state index >= 15 is 0 Å². The van der Waals surface area contributed by atoms with E-state index in [0.29, 0.717) is 17.0 Å². The fraction of sp³-hybridized carbons (Fsp3) is 0. The van der Waals surface area contributed by atoms with Crippen molar-refractivity contribution in [3.05, 3.63) is 42.4 Å². The number of benzene rings is 1. The molecular formula is C10H8FNO. The maximum atomic E-state index is 12.8. The Labute approximate surface area is 74.8 Å². The Balaban J connectivity index is 2.57. The van der Waals surface area contributed by atoms with Gasteiger partial charge in [-0.1, -0.05) is 0 Å². The number of furan rings is 1. The van der Waals surface area contributed by atoms with Crippen LogP contribution in [0.1, 0.15) is 0 Å². The summed E-state index contributed by atoms with van der Waals surface area (Å²) in [4.78, 5) is 0. The number of hydrogen-bond acceptors (Lipinski definition) is 2. The van der Waals surface area contributed by atoms with Gasteiger partial charge in [0.25, 0.3) is 0 Å². The van der Waals surface area contributed by atoms with Crippen LogP contribution in [0.5, 0.6) is 0 Å². The number of nitrogen functional groups attached to an aromatic ring is 1. The monoisotopic (exact) mass is 177 g/mol. The fourth-order valence-electron chi connectivity index (χ4n) is 1.17. The van der Waals surface area contributed by atoms with E-state index in [1.54, 1.807) is 12.1 Å². The van der Waals surface area contributed by atoms with Gasteiger partial charge in [-0.25, -0.2) is 4.39 Å². The van der Waals surface area contributed by atoms with Gasteiger partial charge in [-0.15, -0.1) is 0 Å². The van der Waals surface area contributed by atoms with Gasteiger partial charge in [0.2, 0.25) is 0 Å². The second kappa shape index (κ2) is 2.94. The number of hydrogen-bond donors (Lipinski definition) is 1. The predicted molar refractivity (Wildman–Crippen MR) is 48.5 cm³/mol. The lowest BCUT2D eigenvalue weighted by molar-refractivity contribution is 0.580. The average molecular weight is 177 g/mol. The van der Waals surface area contributed by atoms with Gasteiger partial charge in [0.15, 0.2) is 0 Å². The average Bonchev–Trinajstić information content (AvgIpc) is 2.61. The summed E-state index contributed by atoms with van der Waals surface area (Å²) < 4.78 is 18.0. The van der Waals surface area contributed by atoms with Crippen LogP contribution in [-0.4, -0.2) is 0 Å². The largest absolute Gasteiger partial charge is 0.464 e. The first kappa shape index (κ1) is 7.86. The van der Waals surface area contributed by atoms with E-state index in [1.807, 2.05) is 0 Å². The van der Waals surface area contributed by atoms with Gasteiger partial charge < -0.3 is 10.2 Å². The van der Waals surface area contributed by atoms with Gasteiger partial charge >= 0.3 is 0 Å². The highest BCUT2D eigenvalue weighted by Crippen LogP contribution is 2.26. The van der Waals surface area contributed by atoms with Crippen molar-refractivity contribution in [2.75, 3.05) is 5.73 Å². The summed E-state index contributed by atoms with van der Waals surface area (Å²) in [6.45, 7) is 0. The third kappa shape index (κ3) is 1.40. The Hall–Kier alpha value is -1.77. The van der Waals surface area contributed by atoms with Crippen LogP contribution >= 0.6 is 0 Å². The fourth-order valence-corrected chi connectivity index (χ4v) is 1.17. The van der Waals surface area contributed by atoms with E-state index in [-0.39, 0.29) is 5.82 Å². The second-order valence-electron chi connectivity index (χ2n) is 2.71. The summed E-state index contributed by atoms with van der Waals surface area (Å²) in [5.74, 6) is 0.262. The minimum Gasteiger partial charge on any atom is -0.464 e. The molecule has 2 rings (SSSR count). The van der Waals surface area contributed by atoms with Crippen LogP contribution in [0.25, 0.3) is 11.3 Å². The van der Waals surface area contributed by atoms with E-state index in [1.165, 1.54) is 24.5 Å². The molecule has 0 saturated carbocycles. The van der Waals surface area contributed by atoms with Crippen molar-refractivity contribution < 1.29 is 8.81 Å². The molecule has 0 radical (unpaired) electrons. The number of halogens is 1. The minimum absolute atomic E-state index is 0.319. The van der Waals surface area contributed by atoms with Crippen LogP contribution in [0.3, 0.4) is 0 Å². The zero-order valence-electron chi connectivity index (χ0n) is 6.83. The first-order valence-corrected chi connectivity index (χ1v) is 3.86. The first-order valence-electron chi connectivity index (χ1n) is 3.86. The SMILES string of the molecule is Nc1ccc(F)cc1-c1ccco1. The van der Waals surface area contributed by atoms with Gasteiger partial charge in [0, 0.05) is 11.3 Å². The van der Waals surface area contributed by atoms with Crippen LogP contribution in [0.2, 0.25) is 0 Å². The molecule has 0 spiro atoms. The van der Waals surface area contributed by atoms with Gasteiger partial charge in [-0.3, -0.25) is 0 Å². The molecule has 3 heteroatoms. The number of nitrogens with two attached hydrogens (primary N) is 1. The van der Waals surface area contributed by atoms with Crippen molar-refractivity contribution in [1.29, 1.82) is 0 Å². The van der Waals surface area contributed by atoms with Crippen molar-refractivity contribution in [3.63, 3.8) is 0 Å². The minimum atomic E-state index is -0.319. The molecule has 0 bridgehead atoms. The normalized spacial score (nSPS) is 10.2. The van der Waals surface area contributed by atoms with E-state index < -0.39 is 0 Å². The molecule has 2 nitrogen and oxygen atoms in total. The van der Waals surface area contributed by atoms with Crippen LogP contribution in [0.15, 0.2) is 41.0 Å². The van der Waals surface area contributed by atoms with Crippen molar-refractivity contribution in [3.8, 4) is 11.3 Å². The molecule has 1 heterocycles. The standard InChI is InChI=1S/C10H8FNO/c11-7-3-4-9(12)8(6-7)10-2-1-5-13-10/h1-6H,12H2. The van der Waals surface area contributed by atoms with Gasteiger partial charge in [-0.05, 0) is 30.3 Å². The van der Waals surface area contributed by atoms with E-state index in [9.17, 15) is 4.39 Å². The number of rotatable bonds is 1. The van der Waals surface area contributed by atoms with Crippen LogP contribution in [0.4, 0.5) is 10.1 Å². The summed E-state index contributed by atoms with van der Waals surface area (Å²) in [7, 11) is 0. The Morgan fingerprint density at radius 1 is 1.23 bits per heavy atom. The molecule has 0 aliphatic carbocycles. The van der Waals surface area contributed by atoms with Crippen LogP contribution in [0, 0.1) is 5.82 Å². The van der Waals surface area contributed by atoms with Crippen molar-refractivity contribution >= 4 is 5.69 Å². The Morgan fingerprint density at radius 3 is 2.77 bits per heavy atom. The third-order valence-corrected chi connectivity index (χ3v) is 1.80. The molecule has 2 aromatic rings. The number of anilines is 1. The van der Waals surface area contributed by atoms with Gasteiger partial charge in [-0.2, -0.15) is 0 Å². The van der Waals surface area contributed by atoms with Crippen molar-refractivity contribution in [1.82, 2.24) is 0 Å². The highest BCUT2D eigenvalue weighted by molar-refractivity contribution is 5.72. The molecule has 1 aromatic carbocycles. The molecule has 0 amide bonds. The topological polar surface area (TPSA) is 39.2 Å². The second-order valence-corrected chi connectivity index (χ2v) is 2.71. The van der Waals surface area contributed by atoms with E-state index in [2.05, 4.69) is 0 Å². The van der Waals surface area contributed by atoms with Gasteiger partial charge in [0.1, 0.15) is 11.6 Å². The molecular weight excluding hydrogens is 169 g/mol. The zero-order chi connectivity index (χ0) is 9.26. The summed E-state index contributed by atoms with van der Waals surface area (Å²) in [5.41, 5.74) is 6.75. The molecule has 66 valence electrons. The highest BCUT2D eigenvalue weighted by atomic mass is 19.1. The molecule has 2 N–H and O–H groups in total. The Morgan fingerprint density at radius 2 is 2.08 bits per heavy atom. The first-order chi connectivity index (χ1) is 6.27. The summed E-state index contributed by atoms with van der Waals surface area (Å²) >= 11 is 0. The predicted octanol–water partition coefficient (Wildman–Crippen LogP) is 2.67.